The van der Waals surface area contributed by atoms with E-state index >= 15 is 0 Å². The fraction of sp³-hybridized carbons (Fsp3) is 0.917. The minimum atomic E-state index is 0.832. The van der Waals surface area contributed by atoms with Gasteiger partial charge in [0.15, 0.2) is 0 Å². The Kier molecular flexibility index (Phi) is 19.3. The predicted octanol–water partition coefficient (Wildman–Crippen LogP) is 8.95. The van der Waals surface area contributed by atoms with Crippen LogP contribution in [-0.4, -0.2) is 0 Å². The van der Waals surface area contributed by atoms with Crippen LogP contribution >= 0.6 is 0 Å². The van der Waals surface area contributed by atoms with Crippen molar-refractivity contribution in [3.63, 3.8) is 0 Å². The Bertz CT molecular complexity index is 196. The second kappa shape index (κ2) is 19.3. The van der Waals surface area contributed by atoms with E-state index < -0.39 is 0 Å². The van der Waals surface area contributed by atoms with E-state index in [4.69, 9.17) is 0 Å². The zero-order chi connectivity index (χ0) is 17.9. The summed E-state index contributed by atoms with van der Waals surface area (Å²) in [6.07, 6.45) is 24.9. The van der Waals surface area contributed by atoms with Crippen LogP contribution in [0.5, 0.6) is 0 Å². The van der Waals surface area contributed by atoms with Crippen LogP contribution < -0.4 is 0 Å². The highest BCUT2D eigenvalue weighted by atomic mass is 14.2. The lowest BCUT2D eigenvalue weighted by atomic mass is 9.81. The van der Waals surface area contributed by atoms with Crippen molar-refractivity contribution in [1.29, 1.82) is 0 Å². The fourth-order valence-corrected chi connectivity index (χ4v) is 3.96. The molecule has 0 aromatic carbocycles. The van der Waals surface area contributed by atoms with Crippen molar-refractivity contribution in [2.24, 2.45) is 11.8 Å². The highest BCUT2D eigenvalue weighted by Crippen LogP contribution is 2.29. The van der Waals surface area contributed by atoms with E-state index in [0.29, 0.717) is 0 Å². The fourth-order valence-electron chi connectivity index (χ4n) is 3.96. The first kappa shape index (κ1) is 24.0. The topological polar surface area (TPSA) is 0 Å². The van der Waals surface area contributed by atoms with Crippen LogP contribution in [0.4, 0.5) is 0 Å². The molecule has 0 saturated carbocycles. The van der Waals surface area contributed by atoms with Crippen molar-refractivity contribution in [3.05, 3.63) is 13.8 Å². The van der Waals surface area contributed by atoms with Gasteiger partial charge in [0.1, 0.15) is 0 Å². The lowest BCUT2D eigenvalue weighted by Crippen LogP contribution is -2.14. The molecule has 0 heteroatoms. The van der Waals surface area contributed by atoms with E-state index in [9.17, 15) is 0 Å². The summed E-state index contributed by atoms with van der Waals surface area (Å²) in [5, 5.41) is 0. The maximum Gasteiger partial charge on any atom is -0.0386 e. The molecule has 0 bridgehead atoms. The molecule has 0 nitrogen and oxygen atoms in total. The maximum absolute atomic E-state index is 4.24. The first-order valence-electron chi connectivity index (χ1n) is 11.4. The van der Waals surface area contributed by atoms with Crippen LogP contribution in [0.1, 0.15) is 129 Å². The molecule has 0 heterocycles. The molecule has 2 radical (unpaired) electrons. The Labute approximate surface area is 155 Å². The Hall–Kier alpha value is 0. The van der Waals surface area contributed by atoms with Gasteiger partial charge in [-0.2, -0.15) is 0 Å². The van der Waals surface area contributed by atoms with Gasteiger partial charge in [0.25, 0.3) is 0 Å². The van der Waals surface area contributed by atoms with E-state index in [1.807, 2.05) is 0 Å². The third-order valence-electron chi connectivity index (χ3n) is 5.77. The molecular weight excluding hydrogens is 288 g/mol. The van der Waals surface area contributed by atoms with Gasteiger partial charge in [0.2, 0.25) is 0 Å². The van der Waals surface area contributed by atoms with Crippen LogP contribution in [0.3, 0.4) is 0 Å². The van der Waals surface area contributed by atoms with Gasteiger partial charge in [0.05, 0.1) is 0 Å². The number of hydrogen-bond donors (Lipinski definition) is 0. The number of unbranched alkanes of at least 4 members (excludes halogenated alkanes) is 12. The molecule has 2 unspecified atom stereocenters. The summed E-state index contributed by atoms with van der Waals surface area (Å²) >= 11 is 0. The molecule has 0 amide bonds. The monoisotopic (exact) mass is 336 g/mol. The van der Waals surface area contributed by atoms with Gasteiger partial charge in [-0.1, -0.05) is 143 Å². The van der Waals surface area contributed by atoms with Gasteiger partial charge in [-0.15, -0.1) is 0 Å². The van der Waals surface area contributed by atoms with E-state index in [1.54, 1.807) is 0 Å². The van der Waals surface area contributed by atoms with Crippen molar-refractivity contribution < 1.29 is 0 Å². The van der Waals surface area contributed by atoms with Crippen LogP contribution in [0.25, 0.3) is 0 Å². The number of rotatable bonds is 19. The third kappa shape index (κ3) is 14.4. The Morgan fingerprint density at radius 1 is 0.458 bits per heavy atom. The lowest BCUT2D eigenvalue weighted by molar-refractivity contribution is 0.279. The molecule has 0 aliphatic rings. The average molecular weight is 337 g/mol. The minimum Gasteiger partial charge on any atom is -0.0654 e. The van der Waals surface area contributed by atoms with Crippen molar-refractivity contribution in [3.8, 4) is 0 Å². The summed E-state index contributed by atoms with van der Waals surface area (Å²) in [5.74, 6) is 1.66. The SMILES string of the molecule is [CH2]CC(CCCCCCCCC)C(C[CH2])CCCCCCCCC. The average Bonchev–Trinajstić information content (AvgIpc) is 2.61. The Balaban J connectivity index is 3.71. The molecule has 0 saturated heterocycles. The van der Waals surface area contributed by atoms with E-state index in [-0.39, 0.29) is 0 Å². The molecular formula is C24H48. The number of hydrogen-bond acceptors (Lipinski definition) is 0. The summed E-state index contributed by atoms with van der Waals surface area (Å²) in [6.45, 7) is 13.1. The van der Waals surface area contributed by atoms with E-state index in [1.165, 1.54) is 103 Å². The summed E-state index contributed by atoms with van der Waals surface area (Å²) in [7, 11) is 0. The smallest absolute Gasteiger partial charge is 0.0386 e. The first-order chi connectivity index (χ1) is 11.8. The maximum atomic E-state index is 4.24. The Morgan fingerprint density at radius 3 is 1.04 bits per heavy atom. The molecule has 0 rings (SSSR count). The quantitative estimate of drug-likeness (QED) is 0.206. The van der Waals surface area contributed by atoms with Crippen molar-refractivity contribution in [1.82, 2.24) is 0 Å². The van der Waals surface area contributed by atoms with Crippen LogP contribution in [0, 0.1) is 25.7 Å². The summed E-state index contributed by atoms with van der Waals surface area (Å²) in [6, 6.07) is 0. The van der Waals surface area contributed by atoms with Crippen molar-refractivity contribution >= 4 is 0 Å². The standard InChI is InChI=1S/C24H48/c1-5-9-11-13-15-17-19-21-23(7-3)24(8-4)22-20-18-16-14-12-10-6-2/h23-24H,3-22H2,1-2H3. The zero-order valence-corrected chi connectivity index (χ0v) is 17.3. The van der Waals surface area contributed by atoms with E-state index in [2.05, 4.69) is 27.7 Å². The molecule has 0 aromatic heterocycles. The normalized spacial score (nSPS) is 14.0. The van der Waals surface area contributed by atoms with Gasteiger partial charge in [-0.3, -0.25) is 0 Å². The molecule has 0 spiro atoms. The van der Waals surface area contributed by atoms with Crippen LogP contribution in [0.2, 0.25) is 0 Å². The molecule has 0 aromatic rings. The van der Waals surface area contributed by atoms with E-state index in [0.717, 1.165) is 24.7 Å². The Morgan fingerprint density at radius 2 is 0.750 bits per heavy atom. The zero-order valence-electron chi connectivity index (χ0n) is 17.3. The van der Waals surface area contributed by atoms with Crippen LogP contribution in [-0.2, 0) is 0 Å². The summed E-state index contributed by atoms with van der Waals surface area (Å²) in [5.41, 5.74) is 0. The summed E-state index contributed by atoms with van der Waals surface area (Å²) < 4.78 is 0. The second-order valence-corrected chi connectivity index (χ2v) is 7.92. The molecule has 0 aliphatic carbocycles. The van der Waals surface area contributed by atoms with Crippen LogP contribution in [0.15, 0.2) is 0 Å². The molecule has 2 atom stereocenters. The van der Waals surface area contributed by atoms with Crippen molar-refractivity contribution in [2.45, 2.75) is 129 Å². The molecule has 0 fully saturated rings. The summed E-state index contributed by atoms with van der Waals surface area (Å²) in [4.78, 5) is 0. The predicted molar refractivity (Wildman–Crippen MR) is 112 cm³/mol. The van der Waals surface area contributed by atoms with Gasteiger partial charge in [-0.25, -0.2) is 0 Å². The van der Waals surface area contributed by atoms with Gasteiger partial charge in [-0.05, 0) is 11.8 Å². The molecule has 144 valence electrons. The largest absolute Gasteiger partial charge is 0.0654 e. The van der Waals surface area contributed by atoms with Crippen molar-refractivity contribution in [2.75, 3.05) is 0 Å². The molecule has 0 N–H and O–H groups in total. The lowest BCUT2D eigenvalue weighted by Gasteiger charge is -2.25. The molecule has 0 aliphatic heterocycles. The second-order valence-electron chi connectivity index (χ2n) is 7.92. The van der Waals surface area contributed by atoms with Gasteiger partial charge in [0, 0.05) is 0 Å². The molecule has 24 heavy (non-hydrogen) atoms. The van der Waals surface area contributed by atoms with Gasteiger partial charge >= 0.3 is 0 Å². The highest BCUT2D eigenvalue weighted by Gasteiger charge is 2.17. The van der Waals surface area contributed by atoms with Gasteiger partial charge < -0.3 is 0 Å². The minimum absolute atomic E-state index is 0.832. The highest BCUT2D eigenvalue weighted by molar-refractivity contribution is 4.73. The third-order valence-corrected chi connectivity index (χ3v) is 5.77. The first-order valence-corrected chi connectivity index (χ1v) is 11.4.